The molecular weight excluding hydrogens is 268 g/mol. The highest BCUT2D eigenvalue weighted by Gasteiger charge is 2.11. The number of methoxy groups -OCH3 is 1. The van der Waals surface area contributed by atoms with E-state index in [-0.39, 0.29) is 5.84 Å². The monoisotopic (exact) mass is 292 g/mol. The van der Waals surface area contributed by atoms with Crippen molar-refractivity contribution in [1.29, 1.82) is 0 Å². The number of rotatable bonds is 7. The van der Waals surface area contributed by atoms with Crippen molar-refractivity contribution in [3.05, 3.63) is 29.3 Å². The Morgan fingerprint density at radius 3 is 2.86 bits per heavy atom. The van der Waals surface area contributed by atoms with Gasteiger partial charge in [-0.2, -0.15) is 0 Å². The number of likely N-dealkylation sites (tertiary alicyclic amines) is 1. The SMILES string of the molecule is COc1ccc(/C(N)=N/O)cc1CNCCN1CCCC1. The molecule has 0 atom stereocenters. The van der Waals surface area contributed by atoms with Crippen molar-refractivity contribution in [2.45, 2.75) is 19.4 Å². The molecule has 0 saturated carbocycles. The number of ether oxygens (including phenoxy) is 1. The first kappa shape index (κ1) is 15.6. The second-order valence-corrected chi connectivity index (χ2v) is 5.24. The molecule has 1 aliphatic rings. The third-order valence-corrected chi connectivity index (χ3v) is 3.80. The lowest BCUT2D eigenvalue weighted by Gasteiger charge is -2.16. The van der Waals surface area contributed by atoms with Gasteiger partial charge in [-0.1, -0.05) is 5.16 Å². The Morgan fingerprint density at radius 1 is 1.43 bits per heavy atom. The lowest BCUT2D eigenvalue weighted by Crippen LogP contribution is -2.29. The molecule has 0 bridgehead atoms. The molecule has 1 fully saturated rings. The van der Waals surface area contributed by atoms with Crippen LogP contribution in [0.15, 0.2) is 23.4 Å². The molecule has 0 unspecified atom stereocenters. The molecule has 116 valence electrons. The Hall–Kier alpha value is -1.79. The molecule has 0 aliphatic carbocycles. The van der Waals surface area contributed by atoms with Crippen molar-refractivity contribution < 1.29 is 9.94 Å². The highest BCUT2D eigenvalue weighted by molar-refractivity contribution is 5.97. The number of hydrogen-bond acceptors (Lipinski definition) is 5. The van der Waals surface area contributed by atoms with Gasteiger partial charge in [-0.05, 0) is 44.1 Å². The van der Waals surface area contributed by atoms with Gasteiger partial charge in [-0.25, -0.2) is 0 Å². The van der Waals surface area contributed by atoms with Crippen LogP contribution in [0.3, 0.4) is 0 Å². The lowest BCUT2D eigenvalue weighted by atomic mass is 10.1. The Labute approximate surface area is 125 Å². The largest absolute Gasteiger partial charge is 0.496 e. The van der Waals surface area contributed by atoms with Crippen molar-refractivity contribution in [2.24, 2.45) is 10.9 Å². The Kier molecular flexibility index (Phi) is 5.83. The zero-order valence-corrected chi connectivity index (χ0v) is 12.5. The van der Waals surface area contributed by atoms with Gasteiger partial charge in [-0.15, -0.1) is 0 Å². The maximum absolute atomic E-state index is 8.75. The molecule has 0 aromatic heterocycles. The highest BCUT2D eigenvalue weighted by atomic mass is 16.5. The summed E-state index contributed by atoms with van der Waals surface area (Å²) in [6.45, 7) is 5.14. The van der Waals surface area contributed by atoms with Crippen molar-refractivity contribution >= 4 is 5.84 Å². The van der Waals surface area contributed by atoms with Crippen molar-refractivity contribution in [1.82, 2.24) is 10.2 Å². The molecule has 6 nitrogen and oxygen atoms in total. The summed E-state index contributed by atoms with van der Waals surface area (Å²) in [6, 6.07) is 5.50. The van der Waals surface area contributed by atoms with Crippen LogP contribution in [0, 0.1) is 0 Å². The predicted molar refractivity (Wildman–Crippen MR) is 82.9 cm³/mol. The number of oxime groups is 1. The zero-order chi connectivity index (χ0) is 15.1. The van der Waals surface area contributed by atoms with Gasteiger partial charge in [0.2, 0.25) is 0 Å². The van der Waals surface area contributed by atoms with Crippen LogP contribution in [0.2, 0.25) is 0 Å². The lowest BCUT2D eigenvalue weighted by molar-refractivity contribution is 0.318. The molecule has 1 aliphatic heterocycles. The van der Waals surface area contributed by atoms with Gasteiger partial charge in [0.05, 0.1) is 7.11 Å². The molecule has 1 saturated heterocycles. The van der Waals surface area contributed by atoms with Crippen LogP contribution in [-0.4, -0.2) is 49.2 Å². The number of nitrogens with two attached hydrogens (primary N) is 1. The van der Waals surface area contributed by atoms with E-state index in [0.717, 1.165) is 24.4 Å². The normalized spacial score (nSPS) is 16.3. The van der Waals surface area contributed by atoms with E-state index in [1.165, 1.54) is 25.9 Å². The van der Waals surface area contributed by atoms with Gasteiger partial charge in [0.1, 0.15) is 5.75 Å². The minimum atomic E-state index is 0.107. The van der Waals surface area contributed by atoms with E-state index >= 15 is 0 Å². The topological polar surface area (TPSA) is 83.1 Å². The summed E-state index contributed by atoms with van der Waals surface area (Å²) in [6.07, 6.45) is 2.63. The zero-order valence-electron chi connectivity index (χ0n) is 12.5. The quantitative estimate of drug-likeness (QED) is 0.229. The third kappa shape index (κ3) is 4.34. The van der Waals surface area contributed by atoms with E-state index in [1.54, 1.807) is 13.2 Å². The van der Waals surface area contributed by atoms with Crippen molar-refractivity contribution in [3.8, 4) is 5.75 Å². The molecule has 1 heterocycles. The molecule has 4 N–H and O–H groups in total. The van der Waals surface area contributed by atoms with E-state index in [9.17, 15) is 0 Å². The number of benzene rings is 1. The molecule has 21 heavy (non-hydrogen) atoms. The summed E-state index contributed by atoms with van der Waals surface area (Å²) < 4.78 is 5.35. The van der Waals surface area contributed by atoms with E-state index in [2.05, 4.69) is 15.4 Å². The smallest absolute Gasteiger partial charge is 0.170 e. The molecule has 0 amide bonds. The average molecular weight is 292 g/mol. The van der Waals surface area contributed by atoms with E-state index in [1.807, 2.05) is 12.1 Å². The molecular formula is C15H24N4O2. The number of nitrogens with zero attached hydrogens (tertiary/aromatic N) is 2. The van der Waals surface area contributed by atoms with E-state index < -0.39 is 0 Å². The van der Waals surface area contributed by atoms with Gasteiger partial charge < -0.3 is 25.9 Å². The minimum Gasteiger partial charge on any atom is -0.496 e. The first-order chi connectivity index (χ1) is 10.2. The van der Waals surface area contributed by atoms with Crippen molar-refractivity contribution in [2.75, 3.05) is 33.3 Å². The Balaban J connectivity index is 1.90. The number of nitrogens with one attached hydrogen (secondary N) is 1. The summed E-state index contributed by atoms with van der Waals surface area (Å²) in [5.74, 6) is 0.911. The maximum Gasteiger partial charge on any atom is 0.170 e. The fraction of sp³-hybridized carbons (Fsp3) is 0.533. The molecule has 6 heteroatoms. The van der Waals surface area contributed by atoms with Crippen LogP contribution < -0.4 is 15.8 Å². The highest BCUT2D eigenvalue weighted by Crippen LogP contribution is 2.19. The molecule has 2 rings (SSSR count). The average Bonchev–Trinajstić information content (AvgIpc) is 3.04. The fourth-order valence-electron chi connectivity index (χ4n) is 2.60. The van der Waals surface area contributed by atoms with Crippen molar-refractivity contribution in [3.63, 3.8) is 0 Å². The number of hydrogen-bond donors (Lipinski definition) is 3. The van der Waals surface area contributed by atoms with Gasteiger partial charge in [0, 0.05) is 30.8 Å². The minimum absolute atomic E-state index is 0.107. The molecule has 1 aromatic rings. The summed E-state index contributed by atoms with van der Waals surface area (Å²) in [5, 5.41) is 15.2. The summed E-state index contributed by atoms with van der Waals surface area (Å²) in [4.78, 5) is 2.47. The van der Waals surface area contributed by atoms with Crippen LogP contribution in [0.5, 0.6) is 5.75 Å². The first-order valence-corrected chi connectivity index (χ1v) is 7.32. The maximum atomic E-state index is 8.75. The van der Waals surface area contributed by atoms with Gasteiger partial charge in [0.15, 0.2) is 5.84 Å². The molecule has 1 aromatic carbocycles. The summed E-state index contributed by atoms with van der Waals surface area (Å²) >= 11 is 0. The second-order valence-electron chi connectivity index (χ2n) is 5.24. The van der Waals surface area contributed by atoms with Crippen LogP contribution in [-0.2, 0) is 6.54 Å². The van der Waals surface area contributed by atoms with Crippen LogP contribution in [0.1, 0.15) is 24.0 Å². The predicted octanol–water partition coefficient (Wildman–Crippen LogP) is 0.975. The van der Waals surface area contributed by atoms with Gasteiger partial charge in [0.25, 0.3) is 0 Å². The van der Waals surface area contributed by atoms with Crippen LogP contribution in [0.4, 0.5) is 0 Å². The summed E-state index contributed by atoms with van der Waals surface area (Å²) in [7, 11) is 1.65. The Bertz CT molecular complexity index is 485. The molecule has 0 radical (unpaired) electrons. The fourth-order valence-corrected chi connectivity index (χ4v) is 2.60. The second kappa shape index (κ2) is 7.85. The van der Waals surface area contributed by atoms with Gasteiger partial charge >= 0.3 is 0 Å². The van der Waals surface area contributed by atoms with Crippen LogP contribution in [0.25, 0.3) is 0 Å². The summed E-state index contributed by atoms with van der Waals surface area (Å²) in [5.41, 5.74) is 7.32. The standard InChI is InChI=1S/C15H24N4O2/c1-21-14-5-4-12(15(16)18-20)10-13(14)11-17-6-9-19-7-2-3-8-19/h4-5,10,17,20H,2-3,6-9,11H2,1H3,(H2,16,18). The third-order valence-electron chi connectivity index (χ3n) is 3.80. The first-order valence-electron chi connectivity index (χ1n) is 7.32. The Morgan fingerprint density at radius 2 is 2.19 bits per heavy atom. The van der Waals surface area contributed by atoms with E-state index in [4.69, 9.17) is 15.7 Å². The molecule has 0 spiro atoms. The van der Waals surface area contributed by atoms with E-state index in [0.29, 0.717) is 12.1 Å². The number of amidine groups is 1. The van der Waals surface area contributed by atoms with Gasteiger partial charge in [-0.3, -0.25) is 0 Å². The van der Waals surface area contributed by atoms with Crippen LogP contribution >= 0.6 is 0 Å².